The molecule has 0 saturated carbocycles. The van der Waals surface area contributed by atoms with Crippen LogP contribution in [0.1, 0.15) is 0 Å². The molecule has 0 bridgehead atoms. The van der Waals surface area contributed by atoms with E-state index >= 15 is 0 Å². The van der Waals surface area contributed by atoms with Gasteiger partial charge in [0.05, 0.1) is 12.8 Å². The predicted octanol–water partition coefficient (Wildman–Crippen LogP) is 3.67. The van der Waals surface area contributed by atoms with Gasteiger partial charge in [-0.2, -0.15) is 0 Å². The summed E-state index contributed by atoms with van der Waals surface area (Å²) in [5.41, 5.74) is 7.42. The molecule has 24 heavy (non-hydrogen) atoms. The molecule has 3 aromatic rings. The Kier molecular flexibility index (Phi) is 4.43. The molecule has 2 aromatic heterocycles. The molecular formula is C16H13ClFN5O. The van der Waals surface area contributed by atoms with Crippen LogP contribution >= 0.6 is 11.6 Å². The van der Waals surface area contributed by atoms with Gasteiger partial charge in [-0.1, -0.05) is 11.6 Å². The summed E-state index contributed by atoms with van der Waals surface area (Å²) in [5, 5.41) is 11.5. The molecule has 0 fully saturated rings. The Morgan fingerprint density at radius 2 is 2.00 bits per heavy atom. The van der Waals surface area contributed by atoms with Crippen molar-refractivity contribution in [1.82, 2.24) is 15.2 Å². The molecular weight excluding hydrogens is 333 g/mol. The van der Waals surface area contributed by atoms with E-state index in [0.29, 0.717) is 27.9 Å². The zero-order chi connectivity index (χ0) is 17.1. The minimum Gasteiger partial charge on any atom is -0.478 e. The van der Waals surface area contributed by atoms with Crippen LogP contribution in [0.15, 0.2) is 42.6 Å². The van der Waals surface area contributed by atoms with E-state index in [1.54, 1.807) is 24.4 Å². The number of halogens is 2. The van der Waals surface area contributed by atoms with Gasteiger partial charge in [0.1, 0.15) is 17.3 Å². The number of aromatic nitrogens is 3. The van der Waals surface area contributed by atoms with Crippen molar-refractivity contribution < 1.29 is 9.13 Å². The van der Waals surface area contributed by atoms with Gasteiger partial charge in [-0.05, 0) is 30.3 Å². The van der Waals surface area contributed by atoms with Gasteiger partial charge in [0.15, 0.2) is 0 Å². The molecule has 3 rings (SSSR count). The van der Waals surface area contributed by atoms with Crippen molar-refractivity contribution in [2.24, 2.45) is 0 Å². The Morgan fingerprint density at radius 3 is 2.75 bits per heavy atom. The van der Waals surface area contributed by atoms with Crippen LogP contribution in [0, 0.1) is 5.82 Å². The van der Waals surface area contributed by atoms with E-state index in [0.717, 1.165) is 0 Å². The van der Waals surface area contributed by atoms with Crippen molar-refractivity contribution in [3.05, 3.63) is 53.4 Å². The smallest absolute Gasteiger partial charge is 0.257 e. The lowest BCUT2D eigenvalue weighted by molar-refractivity contribution is 0.394. The highest BCUT2D eigenvalue weighted by molar-refractivity contribution is 6.30. The van der Waals surface area contributed by atoms with Crippen LogP contribution in [0.3, 0.4) is 0 Å². The van der Waals surface area contributed by atoms with Crippen molar-refractivity contribution in [2.75, 3.05) is 18.2 Å². The third-order valence-electron chi connectivity index (χ3n) is 3.22. The van der Waals surface area contributed by atoms with E-state index in [1.165, 1.54) is 25.3 Å². The second kappa shape index (κ2) is 6.67. The van der Waals surface area contributed by atoms with Gasteiger partial charge in [0.2, 0.25) is 0 Å². The number of pyridine rings is 1. The molecule has 0 aliphatic heterocycles. The van der Waals surface area contributed by atoms with Crippen molar-refractivity contribution in [3.8, 4) is 17.1 Å². The number of rotatable bonds is 4. The van der Waals surface area contributed by atoms with E-state index in [9.17, 15) is 4.39 Å². The van der Waals surface area contributed by atoms with Gasteiger partial charge >= 0.3 is 0 Å². The Morgan fingerprint density at radius 1 is 1.17 bits per heavy atom. The molecule has 0 unspecified atom stereocenters. The maximum atomic E-state index is 14.0. The third-order valence-corrected chi connectivity index (χ3v) is 3.45. The molecule has 2 heterocycles. The van der Waals surface area contributed by atoms with Gasteiger partial charge in [-0.25, -0.2) is 9.37 Å². The Labute approximate surface area is 142 Å². The standard InChI is InChI=1S/C16H13ClFN5O/c1-24-16-14(21-10-4-5-20-15(19)7-10)8-13(22-23-16)11-6-9(17)2-3-12(11)18/h2-8H,1H3,(H3,19,20,21,22). The van der Waals surface area contributed by atoms with E-state index in [2.05, 4.69) is 20.5 Å². The van der Waals surface area contributed by atoms with Gasteiger partial charge in [-0.3, -0.25) is 0 Å². The maximum absolute atomic E-state index is 14.0. The molecule has 6 nitrogen and oxygen atoms in total. The normalized spacial score (nSPS) is 10.5. The van der Waals surface area contributed by atoms with Crippen LogP contribution in [-0.4, -0.2) is 22.3 Å². The number of anilines is 3. The van der Waals surface area contributed by atoms with E-state index in [-0.39, 0.29) is 11.4 Å². The zero-order valence-corrected chi connectivity index (χ0v) is 13.4. The monoisotopic (exact) mass is 345 g/mol. The summed E-state index contributed by atoms with van der Waals surface area (Å²) in [4.78, 5) is 3.92. The number of benzene rings is 1. The van der Waals surface area contributed by atoms with Gasteiger partial charge in [-0.15, -0.1) is 10.2 Å². The number of hydrogen-bond donors (Lipinski definition) is 2. The molecule has 8 heteroatoms. The Balaban J connectivity index is 2.03. The van der Waals surface area contributed by atoms with Crippen LogP contribution in [0.2, 0.25) is 5.02 Å². The first-order valence-electron chi connectivity index (χ1n) is 6.92. The first kappa shape index (κ1) is 15.9. The second-order valence-electron chi connectivity index (χ2n) is 4.87. The molecule has 0 amide bonds. The first-order valence-corrected chi connectivity index (χ1v) is 7.30. The number of ether oxygens (including phenoxy) is 1. The molecule has 3 N–H and O–H groups in total. The number of methoxy groups -OCH3 is 1. The van der Waals surface area contributed by atoms with E-state index in [1.807, 2.05) is 0 Å². The fourth-order valence-corrected chi connectivity index (χ4v) is 2.30. The lowest BCUT2D eigenvalue weighted by Gasteiger charge is -2.12. The lowest BCUT2D eigenvalue weighted by atomic mass is 10.1. The molecule has 0 radical (unpaired) electrons. The van der Waals surface area contributed by atoms with Crippen molar-refractivity contribution in [3.63, 3.8) is 0 Å². The minimum atomic E-state index is -0.446. The number of nitrogens with zero attached hydrogens (tertiary/aromatic N) is 3. The maximum Gasteiger partial charge on any atom is 0.257 e. The fourth-order valence-electron chi connectivity index (χ4n) is 2.13. The SMILES string of the molecule is COc1nnc(-c2cc(Cl)ccc2F)cc1Nc1ccnc(N)c1. The molecule has 0 aliphatic carbocycles. The largest absolute Gasteiger partial charge is 0.478 e. The summed E-state index contributed by atoms with van der Waals surface area (Å²) in [7, 11) is 1.47. The molecule has 0 aliphatic rings. The van der Waals surface area contributed by atoms with Crippen LogP contribution in [0.5, 0.6) is 5.88 Å². The molecule has 1 aromatic carbocycles. The average molecular weight is 346 g/mol. The molecule has 0 atom stereocenters. The van der Waals surface area contributed by atoms with Crippen molar-refractivity contribution in [2.45, 2.75) is 0 Å². The van der Waals surface area contributed by atoms with Gasteiger partial charge in [0, 0.05) is 28.5 Å². The van der Waals surface area contributed by atoms with Crippen molar-refractivity contribution in [1.29, 1.82) is 0 Å². The van der Waals surface area contributed by atoms with Crippen molar-refractivity contribution >= 4 is 28.8 Å². The minimum absolute atomic E-state index is 0.245. The average Bonchev–Trinajstić information content (AvgIpc) is 2.57. The van der Waals surface area contributed by atoms with Crippen LogP contribution in [-0.2, 0) is 0 Å². The van der Waals surface area contributed by atoms with E-state index in [4.69, 9.17) is 22.1 Å². The third kappa shape index (κ3) is 3.36. The molecule has 0 spiro atoms. The zero-order valence-electron chi connectivity index (χ0n) is 12.6. The highest BCUT2D eigenvalue weighted by Crippen LogP contribution is 2.31. The number of nitrogen functional groups attached to an aromatic ring is 1. The quantitative estimate of drug-likeness (QED) is 0.750. The van der Waals surface area contributed by atoms with Crippen LogP contribution in [0.25, 0.3) is 11.3 Å². The summed E-state index contributed by atoms with van der Waals surface area (Å²) in [6, 6.07) is 9.24. The van der Waals surface area contributed by atoms with Crippen LogP contribution < -0.4 is 15.8 Å². The number of hydrogen-bond acceptors (Lipinski definition) is 6. The summed E-state index contributed by atoms with van der Waals surface area (Å²) in [6.45, 7) is 0. The first-order chi connectivity index (χ1) is 11.6. The summed E-state index contributed by atoms with van der Waals surface area (Å²) in [6.07, 6.45) is 1.57. The highest BCUT2D eigenvalue weighted by atomic mass is 35.5. The number of nitrogens with two attached hydrogens (primary N) is 1. The highest BCUT2D eigenvalue weighted by Gasteiger charge is 2.13. The fraction of sp³-hybridized carbons (Fsp3) is 0.0625. The van der Waals surface area contributed by atoms with E-state index < -0.39 is 5.82 Å². The molecule has 0 saturated heterocycles. The van der Waals surface area contributed by atoms with Gasteiger partial charge < -0.3 is 15.8 Å². The van der Waals surface area contributed by atoms with Gasteiger partial charge in [0.25, 0.3) is 5.88 Å². The summed E-state index contributed by atoms with van der Waals surface area (Å²) in [5.74, 6) is 0.177. The molecule has 122 valence electrons. The van der Waals surface area contributed by atoms with Crippen LogP contribution in [0.4, 0.5) is 21.6 Å². The summed E-state index contributed by atoms with van der Waals surface area (Å²) >= 11 is 5.94. The second-order valence-corrected chi connectivity index (χ2v) is 5.31. The Bertz CT molecular complexity index is 890. The topological polar surface area (TPSA) is 86.0 Å². The summed E-state index contributed by atoms with van der Waals surface area (Å²) < 4.78 is 19.2. The lowest BCUT2D eigenvalue weighted by Crippen LogP contribution is -2.01. The number of nitrogens with one attached hydrogen (secondary N) is 1. The Hall–Kier alpha value is -2.93. The predicted molar refractivity (Wildman–Crippen MR) is 90.9 cm³/mol.